The molecule has 1 rings (SSSR count). The predicted octanol–water partition coefficient (Wildman–Crippen LogP) is -0.600. The lowest BCUT2D eigenvalue weighted by atomic mass is 10.1. The van der Waals surface area contributed by atoms with E-state index in [1.165, 1.54) is 18.2 Å². The number of carbonyl (C=O) groups is 2. The fraction of sp³-hybridized carbons (Fsp3) is 0.333. The van der Waals surface area contributed by atoms with Crippen molar-refractivity contribution in [2.45, 2.75) is 0 Å². The zero-order chi connectivity index (χ0) is 17.2. The molecule has 0 saturated heterocycles. The van der Waals surface area contributed by atoms with E-state index >= 15 is 0 Å². The Kier molecular flexibility index (Phi) is 8.94. The molecule has 0 aliphatic rings. The summed E-state index contributed by atoms with van der Waals surface area (Å²) in [5.41, 5.74) is -0.0372. The van der Waals surface area contributed by atoms with E-state index in [-0.39, 0.29) is 24.3 Å². The molecule has 22 heavy (non-hydrogen) atoms. The van der Waals surface area contributed by atoms with Crippen molar-refractivity contribution < 1.29 is 42.6 Å². The number of aromatic carboxylic acids is 2. The van der Waals surface area contributed by atoms with E-state index in [0.29, 0.717) is 0 Å². The molecule has 0 aliphatic heterocycles. The summed E-state index contributed by atoms with van der Waals surface area (Å²) in [5, 5.41) is 33.3. The Morgan fingerprint density at radius 1 is 1.00 bits per heavy atom. The number of carboxylic acid groups (broad SMARTS) is 2. The summed E-state index contributed by atoms with van der Waals surface area (Å²) in [6, 6.07) is 5.20. The maximum absolute atomic E-state index is 10.5. The normalized spacial score (nSPS) is 10.5. The summed E-state index contributed by atoms with van der Waals surface area (Å²) in [4.78, 5) is 20.8. The Hall–Kier alpha value is -2.01. The van der Waals surface area contributed by atoms with Crippen molar-refractivity contribution in [2.24, 2.45) is 0 Å². The van der Waals surface area contributed by atoms with E-state index in [4.69, 9.17) is 20.4 Å². The van der Waals surface area contributed by atoms with Crippen LogP contribution in [0.5, 0.6) is 0 Å². The van der Waals surface area contributed by atoms with Crippen LogP contribution in [0.2, 0.25) is 0 Å². The molecule has 4 N–H and O–H groups in total. The van der Waals surface area contributed by atoms with E-state index in [2.05, 4.69) is 4.18 Å². The van der Waals surface area contributed by atoms with E-state index in [1.54, 1.807) is 0 Å². The molecule has 0 radical (unpaired) electrons. The standard InChI is InChI=1S/C8H6O4.C4H10O5S/c9-7(10)5-2-1-3-6(4-5)8(11)12;5-1-3-9-10(7,8)4-2-6/h1-4H,(H,9,10)(H,11,12);5-6H,1-4H2. The number of hydrogen-bond donors (Lipinski definition) is 4. The Bertz CT molecular complexity index is 565. The molecule has 0 fully saturated rings. The second kappa shape index (κ2) is 9.84. The Balaban J connectivity index is 0.000000409. The van der Waals surface area contributed by atoms with Crippen molar-refractivity contribution in [3.63, 3.8) is 0 Å². The highest BCUT2D eigenvalue weighted by Gasteiger charge is 2.08. The van der Waals surface area contributed by atoms with Crippen LogP contribution < -0.4 is 0 Å². The van der Waals surface area contributed by atoms with E-state index in [1.807, 2.05) is 0 Å². The fourth-order valence-electron chi connectivity index (χ4n) is 1.12. The van der Waals surface area contributed by atoms with Gasteiger partial charge < -0.3 is 20.4 Å². The van der Waals surface area contributed by atoms with Gasteiger partial charge in [-0.05, 0) is 18.2 Å². The highest BCUT2D eigenvalue weighted by atomic mass is 32.2. The molecule has 1 aromatic rings. The van der Waals surface area contributed by atoms with Crippen LogP contribution in [0, 0.1) is 0 Å². The molecule has 0 saturated carbocycles. The van der Waals surface area contributed by atoms with Crippen LogP contribution in [0.3, 0.4) is 0 Å². The van der Waals surface area contributed by atoms with Crippen LogP contribution in [-0.4, -0.2) is 66.4 Å². The van der Waals surface area contributed by atoms with Crippen LogP contribution in [0.1, 0.15) is 20.7 Å². The van der Waals surface area contributed by atoms with Gasteiger partial charge in [-0.25, -0.2) is 9.59 Å². The summed E-state index contributed by atoms with van der Waals surface area (Å²) in [6.45, 7) is -1.05. The molecule has 0 aliphatic carbocycles. The Morgan fingerprint density at radius 3 is 1.86 bits per heavy atom. The van der Waals surface area contributed by atoms with Gasteiger partial charge in [0, 0.05) is 0 Å². The zero-order valence-corrected chi connectivity index (χ0v) is 12.2. The van der Waals surface area contributed by atoms with E-state index in [9.17, 15) is 18.0 Å². The first kappa shape index (κ1) is 20.0. The molecule has 10 heteroatoms. The molecule has 0 heterocycles. The maximum Gasteiger partial charge on any atom is 0.335 e. The zero-order valence-electron chi connectivity index (χ0n) is 11.4. The average molecular weight is 336 g/mol. The fourth-order valence-corrected chi connectivity index (χ4v) is 1.79. The molecule has 9 nitrogen and oxygen atoms in total. The first-order chi connectivity index (χ1) is 10.2. The lowest BCUT2D eigenvalue weighted by molar-refractivity contribution is 0.0696. The van der Waals surface area contributed by atoms with Crippen molar-refractivity contribution in [3.8, 4) is 0 Å². The minimum Gasteiger partial charge on any atom is -0.478 e. The summed E-state index contributed by atoms with van der Waals surface area (Å²) in [6.07, 6.45) is 0. The van der Waals surface area contributed by atoms with Gasteiger partial charge in [0.1, 0.15) is 0 Å². The van der Waals surface area contributed by atoms with Gasteiger partial charge in [-0.3, -0.25) is 4.18 Å². The number of carboxylic acids is 2. The molecule has 0 spiro atoms. The second-order valence-electron chi connectivity index (χ2n) is 3.72. The van der Waals surface area contributed by atoms with Gasteiger partial charge in [-0.15, -0.1) is 0 Å². The third kappa shape index (κ3) is 8.32. The molecule has 0 amide bonds. The molecule has 0 aromatic heterocycles. The first-order valence-electron chi connectivity index (χ1n) is 5.89. The van der Waals surface area contributed by atoms with Crippen LogP contribution in [0.25, 0.3) is 0 Å². The predicted molar refractivity (Wildman–Crippen MR) is 74.3 cm³/mol. The highest BCUT2D eigenvalue weighted by Crippen LogP contribution is 2.04. The smallest absolute Gasteiger partial charge is 0.335 e. The largest absolute Gasteiger partial charge is 0.478 e. The third-order valence-corrected chi connectivity index (χ3v) is 3.26. The third-order valence-electron chi connectivity index (χ3n) is 2.05. The minimum absolute atomic E-state index is 0.0186. The van der Waals surface area contributed by atoms with Gasteiger partial charge in [0.2, 0.25) is 0 Å². The number of benzene rings is 1. The highest BCUT2D eigenvalue weighted by molar-refractivity contribution is 7.86. The van der Waals surface area contributed by atoms with Crippen molar-refractivity contribution in [1.82, 2.24) is 0 Å². The van der Waals surface area contributed by atoms with E-state index < -0.39 is 34.4 Å². The Morgan fingerprint density at radius 2 is 1.50 bits per heavy atom. The number of rotatable bonds is 7. The molecule has 1 aromatic carbocycles. The summed E-state index contributed by atoms with van der Waals surface area (Å²) < 4.78 is 25.2. The van der Waals surface area contributed by atoms with Crippen LogP contribution in [0.15, 0.2) is 24.3 Å². The lowest BCUT2D eigenvalue weighted by Crippen LogP contribution is -2.15. The summed E-state index contributed by atoms with van der Waals surface area (Å²) in [7, 11) is -3.60. The summed E-state index contributed by atoms with van der Waals surface area (Å²) in [5.74, 6) is -2.68. The van der Waals surface area contributed by atoms with Crippen molar-refractivity contribution >= 4 is 22.1 Å². The van der Waals surface area contributed by atoms with Gasteiger partial charge in [0.25, 0.3) is 10.1 Å². The van der Waals surface area contributed by atoms with Gasteiger partial charge in [-0.1, -0.05) is 6.07 Å². The molecule has 0 atom stereocenters. The molecule has 0 bridgehead atoms. The second-order valence-corrected chi connectivity index (χ2v) is 5.48. The van der Waals surface area contributed by atoms with Crippen molar-refractivity contribution in [3.05, 3.63) is 35.4 Å². The van der Waals surface area contributed by atoms with Gasteiger partial charge in [-0.2, -0.15) is 8.42 Å². The lowest BCUT2D eigenvalue weighted by Gasteiger charge is -1.99. The number of hydrogen-bond acceptors (Lipinski definition) is 7. The molecule has 124 valence electrons. The quantitative estimate of drug-likeness (QED) is 0.477. The first-order valence-corrected chi connectivity index (χ1v) is 7.46. The number of aliphatic hydroxyl groups is 2. The topological polar surface area (TPSA) is 158 Å². The Labute approximate surface area is 126 Å². The molecule has 0 unspecified atom stereocenters. The van der Waals surface area contributed by atoms with Gasteiger partial charge in [0.15, 0.2) is 0 Å². The molecular formula is C12H16O9S. The maximum atomic E-state index is 10.5. The average Bonchev–Trinajstić information content (AvgIpc) is 2.46. The van der Waals surface area contributed by atoms with Crippen LogP contribution in [-0.2, 0) is 14.3 Å². The van der Waals surface area contributed by atoms with E-state index in [0.717, 1.165) is 6.07 Å². The monoisotopic (exact) mass is 336 g/mol. The van der Waals surface area contributed by atoms with Gasteiger partial charge in [0.05, 0.1) is 36.7 Å². The molecular weight excluding hydrogens is 320 g/mol. The SMILES string of the molecule is O=C(O)c1cccc(C(=O)O)c1.O=S(=O)(CCO)OCCO. The van der Waals surface area contributed by atoms with Gasteiger partial charge >= 0.3 is 11.9 Å². The van der Waals surface area contributed by atoms with Crippen molar-refractivity contribution in [1.29, 1.82) is 0 Å². The van der Waals surface area contributed by atoms with Crippen LogP contribution >= 0.6 is 0 Å². The van der Waals surface area contributed by atoms with Crippen molar-refractivity contribution in [2.75, 3.05) is 25.6 Å². The summed E-state index contributed by atoms with van der Waals surface area (Å²) >= 11 is 0. The number of aliphatic hydroxyl groups excluding tert-OH is 2. The minimum atomic E-state index is -3.60. The van der Waals surface area contributed by atoms with Crippen LogP contribution in [0.4, 0.5) is 0 Å².